The molecule has 0 rings (SSSR count). The summed E-state index contributed by atoms with van der Waals surface area (Å²) in [7, 11) is 0. The molecule has 0 fully saturated rings. The molecular formula is C51H97NO5. The summed E-state index contributed by atoms with van der Waals surface area (Å²) in [6, 6.07) is -0.648. The maximum Gasteiger partial charge on any atom is 0.305 e. The molecule has 0 saturated carbocycles. The van der Waals surface area contributed by atoms with Crippen LogP contribution >= 0.6 is 0 Å². The number of carbonyl (C=O) groups is 2. The van der Waals surface area contributed by atoms with Crippen molar-refractivity contribution >= 4 is 11.9 Å². The summed E-state index contributed by atoms with van der Waals surface area (Å²) in [5.41, 5.74) is 0. The topological polar surface area (TPSA) is 95.9 Å². The molecule has 0 bridgehead atoms. The molecule has 2 unspecified atom stereocenters. The number of aliphatic hydroxyl groups is 2. The average Bonchev–Trinajstić information content (AvgIpc) is 3.21. The molecule has 0 saturated heterocycles. The van der Waals surface area contributed by atoms with Gasteiger partial charge in [-0.05, 0) is 51.4 Å². The molecule has 0 radical (unpaired) electrons. The number of unbranched alkanes of at least 4 members (excludes halogenated alkanes) is 33. The highest BCUT2D eigenvalue weighted by atomic mass is 16.5. The van der Waals surface area contributed by atoms with Crippen LogP contribution in [-0.2, 0) is 14.3 Å². The van der Waals surface area contributed by atoms with Crippen molar-refractivity contribution in [2.75, 3.05) is 13.2 Å². The van der Waals surface area contributed by atoms with Gasteiger partial charge in [-0.25, -0.2) is 0 Å². The van der Waals surface area contributed by atoms with Gasteiger partial charge in [-0.2, -0.15) is 0 Å². The van der Waals surface area contributed by atoms with E-state index in [-0.39, 0.29) is 18.5 Å². The van der Waals surface area contributed by atoms with E-state index in [1.54, 1.807) is 6.08 Å². The lowest BCUT2D eigenvalue weighted by molar-refractivity contribution is -0.143. The van der Waals surface area contributed by atoms with Gasteiger partial charge in [0.15, 0.2) is 0 Å². The number of esters is 1. The lowest BCUT2D eigenvalue weighted by Crippen LogP contribution is -2.45. The van der Waals surface area contributed by atoms with Gasteiger partial charge in [0.25, 0.3) is 0 Å². The zero-order valence-electron chi connectivity index (χ0n) is 38.1. The minimum atomic E-state index is -0.862. The van der Waals surface area contributed by atoms with E-state index in [1.165, 1.54) is 180 Å². The van der Waals surface area contributed by atoms with Crippen molar-refractivity contribution in [3.05, 3.63) is 24.3 Å². The fourth-order valence-electron chi connectivity index (χ4n) is 7.55. The number of hydrogen-bond donors (Lipinski definition) is 3. The molecule has 0 aromatic rings. The number of carbonyl (C=O) groups excluding carboxylic acids is 2. The number of hydrogen-bond acceptors (Lipinski definition) is 5. The van der Waals surface area contributed by atoms with E-state index in [2.05, 4.69) is 31.3 Å². The van der Waals surface area contributed by atoms with Crippen molar-refractivity contribution in [1.82, 2.24) is 5.32 Å². The molecule has 2 atom stereocenters. The van der Waals surface area contributed by atoms with E-state index >= 15 is 0 Å². The molecule has 0 aliphatic carbocycles. The number of amides is 1. The Morgan fingerprint density at radius 1 is 0.474 bits per heavy atom. The maximum atomic E-state index is 12.4. The van der Waals surface area contributed by atoms with Gasteiger partial charge in [-0.3, -0.25) is 9.59 Å². The van der Waals surface area contributed by atoms with Gasteiger partial charge in [0.1, 0.15) is 0 Å². The third-order valence-corrected chi connectivity index (χ3v) is 11.5. The smallest absolute Gasteiger partial charge is 0.305 e. The summed E-state index contributed by atoms with van der Waals surface area (Å²) < 4.78 is 5.42. The summed E-state index contributed by atoms with van der Waals surface area (Å²) >= 11 is 0. The molecule has 336 valence electrons. The molecule has 0 aliphatic rings. The van der Waals surface area contributed by atoms with Crippen LogP contribution in [0.25, 0.3) is 0 Å². The Bertz CT molecular complexity index is 889. The molecular weight excluding hydrogens is 707 g/mol. The van der Waals surface area contributed by atoms with Crippen LogP contribution < -0.4 is 5.32 Å². The monoisotopic (exact) mass is 804 g/mol. The van der Waals surface area contributed by atoms with Crippen LogP contribution in [0.5, 0.6) is 0 Å². The Hall–Kier alpha value is -1.66. The van der Waals surface area contributed by atoms with Crippen molar-refractivity contribution in [2.24, 2.45) is 0 Å². The van der Waals surface area contributed by atoms with Crippen LogP contribution in [0.2, 0.25) is 0 Å². The Balaban J connectivity index is 3.55. The lowest BCUT2D eigenvalue weighted by Gasteiger charge is -2.20. The van der Waals surface area contributed by atoms with Gasteiger partial charge >= 0.3 is 5.97 Å². The second-order valence-corrected chi connectivity index (χ2v) is 17.1. The number of aliphatic hydroxyl groups excluding tert-OH is 2. The zero-order chi connectivity index (χ0) is 41.5. The second kappa shape index (κ2) is 47.0. The zero-order valence-corrected chi connectivity index (χ0v) is 38.1. The summed E-state index contributed by atoms with van der Waals surface area (Å²) in [5, 5.41) is 23.1. The summed E-state index contributed by atoms with van der Waals surface area (Å²) in [6.45, 7) is 4.80. The van der Waals surface area contributed by atoms with Crippen molar-refractivity contribution in [3.8, 4) is 0 Å². The first-order valence-corrected chi connectivity index (χ1v) is 25.1. The number of rotatable bonds is 46. The molecule has 0 heterocycles. The van der Waals surface area contributed by atoms with Gasteiger partial charge in [-0.15, -0.1) is 0 Å². The van der Waals surface area contributed by atoms with Gasteiger partial charge in [0, 0.05) is 12.8 Å². The van der Waals surface area contributed by atoms with Gasteiger partial charge in [-0.1, -0.05) is 224 Å². The van der Waals surface area contributed by atoms with E-state index < -0.39 is 12.1 Å². The van der Waals surface area contributed by atoms with Crippen molar-refractivity contribution < 1.29 is 24.5 Å². The van der Waals surface area contributed by atoms with E-state index in [4.69, 9.17) is 4.74 Å². The summed E-state index contributed by atoms with van der Waals surface area (Å²) in [5.74, 6) is -0.133. The predicted molar refractivity (Wildman–Crippen MR) is 246 cm³/mol. The normalized spacial score (nSPS) is 12.8. The molecule has 0 aromatic heterocycles. The van der Waals surface area contributed by atoms with Gasteiger partial charge in [0.2, 0.25) is 5.91 Å². The quantitative estimate of drug-likeness (QED) is 0.0324. The highest BCUT2D eigenvalue weighted by Crippen LogP contribution is 2.16. The SMILES string of the molecule is CCCC/C=C\CCCCCCCC(=O)OCCCCCCCCCCCC(=O)NC(CO)C(O)/C=C/CCCCCCCCCCCCCCCCCCCC. The summed E-state index contributed by atoms with van der Waals surface area (Å²) in [6.07, 6.45) is 54.6. The van der Waals surface area contributed by atoms with E-state index in [0.717, 1.165) is 57.8 Å². The molecule has 0 aliphatic heterocycles. The highest BCUT2D eigenvalue weighted by molar-refractivity contribution is 5.76. The number of allylic oxidation sites excluding steroid dienone is 3. The first kappa shape index (κ1) is 55.3. The minimum Gasteiger partial charge on any atom is -0.466 e. The Kier molecular flexibility index (Phi) is 45.7. The standard InChI is InChI=1S/C51H97NO5/c1-3-5-7-9-11-13-15-16-17-18-19-20-21-22-23-25-27-31-35-39-43-49(54)48(47-53)52-50(55)44-40-36-32-28-26-30-34-38-42-46-57-51(56)45-41-37-33-29-24-14-12-10-8-6-4-2/h10,12,39,43,48-49,53-54H,3-9,11,13-38,40-42,44-47H2,1-2H3,(H,52,55)/b12-10-,43-39+. The van der Waals surface area contributed by atoms with E-state index in [9.17, 15) is 19.8 Å². The fourth-order valence-corrected chi connectivity index (χ4v) is 7.55. The van der Waals surface area contributed by atoms with Crippen molar-refractivity contribution in [1.29, 1.82) is 0 Å². The number of nitrogens with one attached hydrogen (secondary N) is 1. The second-order valence-electron chi connectivity index (χ2n) is 17.1. The van der Waals surface area contributed by atoms with Gasteiger partial charge < -0.3 is 20.3 Å². The first-order chi connectivity index (χ1) is 28.0. The van der Waals surface area contributed by atoms with Crippen LogP contribution in [0.15, 0.2) is 24.3 Å². The third-order valence-electron chi connectivity index (χ3n) is 11.5. The van der Waals surface area contributed by atoms with Crippen LogP contribution in [0, 0.1) is 0 Å². The maximum absolute atomic E-state index is 12.4. The molecule has 3 N–H and O–H groups in total. The highest BCUT2D eigenvalue weighted by Gasteiger charge is 2.18. The largest absolute Gasteiger partial charge is 0.466 e. The predicted octanol–water partition coefficient (Wildman–Crippen LogP) is 14.7. The summed E-state index contributed by atoms with van der Waals surface area (Å²) in [4.78, 5) is 24.4. The Labute approximate surface area is 354 Å². The number of ether oxygens (including phenoxy) is 1. The Morgan fingerprint density at radius 3 is 1.30 bits per heavy atom. The van der Waals surface area contributed by atoms with E-state index in [1.807, 2.05) is 6.08 Å². The molecule has 57 heavy (non-hydrogen) atoms. The molecule has 1 amide bonds. The van der Waals surface area contributed by atoms with Gasteiger partial charge in [0.05, 0.1) is 25.4 Å². The van der Waals surface area contributed by atoms with Crippen LogP contribution in [-0.4, -0.2) is 47.4 Å². The molecule has 6 nitrogen and oxygen atoms in total. The molecule has 0 spiro atoms. The molecule has 0 aromatic carbocycles. The van der Waals surface area contributed by atoms with Crippen molar-refractivity contribution in [2.45, 2.75) is 276 Å². The minimum absolute atomic E-state index is 0.0383. The van der Waals surface area contributed by atoms with Crippen LogP contribution in [0.1, 0.15) is 264 Å². The fraction of sp³-hybridized carbons (Fsp3) is 0.882. The Morgan fingerprint density at radius 2 is 0.842 bits per heavy atom. The van der Waals surface area contributed by atoms with Crippen LogP contribution in [0.4, 0.5) is 0 Å². The van der Waals surface area contributed by atoms with Crippen LogP contribution in [0.3, 0.4) is 0 Å². The first-order valence-electron chi connectivity index (χ1n) is 25.1. The third kappa shape index (κ3) is 43.7. The van der Waals surface area contributed by atoms with E-state index in [0.29, 0.717) is 19.4 Å². The lowest BCUT2D eigenvalue weighted by atomic mass is 10.0. The molecule has 6 heteroatoms. The van der Waals surface area contributed by atoms with Crippen molar-refractivity contribution in [3.63, 3.8) is 0 Å². The average molecular weight is 804 g/mol.